The zero-order valence-electron chi connectivity index (χ0n) is 15.7. The fourth-order valence-corrected chi connectivity index (χ4v) is 3.04. The van der Waals surface area contributed by atoms with E-state index in [2.05, 4.69) is 15.0 Å². The van der Waals surface area contributed by atoms with Gasteiger partial charge in [-0.15, -0.1) is 0 Å². The number of para-hydroxylation sites is 2. The number of carbonyl (C=O) groups is 1. The second kappa shape index (κ2) is 6.87. The number of H-pyrrole nitrogens is 1. The van der Waals surface area contributed by atoms with Crippen molar-refractivity contribution in [3.8, 4) is 0 Å². The molecule has 27 heavy (non-hydrogen) atoms. The number of carbonyl (C=O) groups excluding carboxylic acids is 1. The van der Waals surface area contributed by atoms with E-state index < -0.39 is 0 Å². The lowest BCUT2D eigenvalue weighted by molar-refractivity contribution is 0.0796. The Balaban J connectivity index is 1.47. The lowest BCUT2D eigenvalue weighted by Gasteiger charge is -2.16. The summed E-state index contributed by atoms with van der Waals surface area (Å²) in [6, 6.07) is 13.3. The van der Waals surface area contributed by atoms with Gasteiger partial charge in [0.25, 0.3) is 5.91 Å². The molecular formula is C21H22N4O2. The molecular weight excluding hydrogens is 340 g/mol. The van der Waals surface area contributed by atoms with Crippen LogP contribution in [0.15, 0.2) is 46.9 Å². The average molecular weight is 362 g/mol. The minimum Gasteiger partial charge on any atom is -0.440 e. The zero-order chi connectivity index (χ0) is 19.0. The third-order valence-electron chi connectivity index (χ3n) is 4.61. The average Bonchev–Trinajstić information content (AvgIpc) is 3.28. The van der Waals surface area contributed by atoms with Gasteiger partial charge >= 0.3 is 0 Å². The number of rotatable bonds is 5. The van der Waals surface area contributed by atoms with E-state index in [0.717, 1.165) is 22.4 Å². The summed E-state index contributed by atoms with van der Waals surface area (Å²) in [4.78, 5) is 26.8. The van der Waals surface area contributed by atoms with Crippen LogP contribution in [0.5, 0.6) is 0 Å². The third kappa shape index (κ3) is 3.43. The Morgan fingerprint density at radius 2 is 1.96 bits per heavy atom. The third-order valence-corrected chi connectivity index (χ3v) is 4.61. The molecule has 2 aromatic carbocycles. The number of benzene rings is 2. The molecule has 6 heteroatoms. The van der Waals surface area contributed by atoms with Crippen molar-refractivity contribution >= 4 is 28.0 Å². The summed E-state index contributed by atoms with van der Waals surface area (Å²) in [5.74, 6) is 1.74. The first-order chi connectivity index (χ1) is 13.0. The number of hydrogen-bond donors (Lipinski definition) is 1. The van der Waals surface area contributed by atoms with E-state index in [0.29, 0.717) is 30.0 Å². The van der Waals surface area contributed by atoms with Crippen LogP contribution >= 0.6 is 0 Å². The van der Waals surface area contributed by atoms with Crippen LogP contribution in [0.3, 0.4) is 0 Å². The van der Waals surface area contributed by atoms with Crippen molar-refractivity contribution in [2.24, 2.45) is 0 Å². The number of oxazole rings is 1. The van der Waals surface area contributed by atoms with E-state index >= 15 is 0 Å². The molecule has 0 aliphatic rings. The van der Waals surface area contributed by atoms with Crippen LogP contribution in [0.4, 0.5) is 0 Å². The summed E-state index contributed by atoms with van der Waals surface area (Å²) in [5, 5.41) is 0. The second-order valence-corrected chi connectivity index (χ2v) is 7.07. The standard InChI is InChI=1S/C21H22N4O2/c1-13(2)20-24-17-12-14(8-9-18(17)27-20)21(26)25(3)11-10-19-22-15-6-4-5-7-16(15)23-19/h4-9,12-13H,10-11H2,1-3H3,(H,22,23). The lowest BCUT2D eigenvalue weighted by Crippen LogP contribution is -2.29. The second-order valence-electron chi connectivity index (χ2n) is 7.07. The molecule has 0 fully saturated rings. The van der Waals surface area contributed by atoms with Gasteiger partial charge in [0.05, 0.1) is 11.0 Å². The van der Waals surface area contributed by atoms with Gasteiger partial charge in [-0.3, -0.25) is 4.79 Å². The summed E-state index contributed by atoms with van der Waals surface area (Å²) in [7, 11) is 1.80. The monoisotopic (exact) mass is 362 g/mol. The van der Waals surface area contributed by atoms with Crippen molar-refractivity contribution < 1.29 is 9.21 Å². The Kier molecular flexibility index (Phi) is 4.39. The predicted octanol–water partition coefficient (Wildman–Crippen LogP) is 4.14. The summed E-state index contributed by atoms with van der Waals surface area (Å²) < 4.78 is 5.71. The lowest BCUT2D eigenvalue weighted by atomic mass is 10.2. The maximum absolute atomic E-state index is 12.8. The summed E-state index contributed by atoms with van der Waals surface area (Å²) in [5.41, 5.74) is 3.99. The fourth-order valence-electron chi connectivity index (χ4n) is 3.04. The van der Waals surface area contributed by atoms with Gasteiger partial charge in [-0.1, -0.05) is 26.0 Å². The Bertz CT molecular complexity index is 1080. The Morgan fingerprint density at radius 1 is 1.15 bits per heavy atom. The molecule has 6 nitrogen and oxygen atoms in total. The normalized spacial score (nSPS) is 11.6. The van der Waals surface area contributed by atoms with Gasteiger partial charge in [-0.05, 0) is 30.3 Å². The molecule has 0 radical (unpaired) electrons. The number of hydrogen-bond acceptors (Lipinski definition) is 4. The number of amides is 1. The van der Waals surface area contributed by atoms with E-state index in [9.17, 15) is 4.79 Å². The number of imidazole rings is 1. The molecule has 2 heterocycles. The van der Waals surface area contributed by atoms with Crippen molar-refractivity contribution in [2.75, 3.05) is 13.6 Å². The van der Waals surface area contributed by atoms with E-state index in [1.807, 2.05) is 44.2 Å². The molecule has 0 aliphatic carbocycles. The first-order valence-electron chi connectivity index (χ1n) is 9.11. The minimum atomic E-state index is -0.0397. The van der Waals surface area contributed by atoms with Crippen LogP contribution in [-0.4, -0.2) is 39.4 Å². The fraction of sp³-hybridized carbons (Fsp3) is 0.286. The van der Waals surface area contributed by atoms with E-state index in [1.54, 1.807) is 24.1 Å². The molecule has 0 saturated carbocycles. The minimum absolute atomic E-state index is 0.0397. The molecule has 1 N–H and O–H groups in total. The maximum Gasteiger partial charge on any atom is 0.253 e. The highest BCUT2D eigenvalue weighted by Crippen LogP contribution is 2.22. The van der Waals surface area contributed by atoms with Crippen LogP contribution < -0.4 is 0 Å². The smallest absolute Gasteiger partial charge is 0.253 e. The van der Waals surface area contributed by atoms with Crippen LogP contribution in [-0.2, 0) is 6.42 Å². The Morgan fingerprint density at radius 3 is 2.74 bits per heavy atom. The van der Waals surface area contributed by atoms with Crippen molar-refractivity contribution in [2.45, 2.75) is 26.2 Å². The highest BCUT2D eigenvalue weighted by atomic mass is 16.3. The van der Waals surface area contributed by atoms with Crippen molar-refractivity contribution in [1.29, 1.82) is 0 Å². The molecule has 2 aromatic heterocycles. The molecule has 0 atom stereocenters. The molecule has 0 spiro atoms. The van der Waals surface area contributed by atoms with Gasteiger partial charge in [0.2, 0.25) is 0 Å². The van der Waals surface area contributed by atoms with E-state index in [4.69, 9.17) is 4.42 Å². The van der Waals surface area contributed by atoms with Crippen molar-refractivity contribution in [1.82, 2.24) is 19.9 Å². The van der Waals surface area contributed by atoms with Crippen LogP contribution in [0.25, 0.3) is 22.1 Å². The Hall–Kier alpha value is -3.15. The SMILES string of the molecule is CC(C)c1nc2cc(C(=O)N(C)CCc3nc4ccccc4[nH]3)ccc2o1. The number of aromatic nitrogens is 3. The van der Waals surface area contributed by atoms with Crippen LogP contribution in [0.1, 0.15) is 41.8 Å². The van der Waals surface area contributed by atoms with Gasteiger partial charge in [-0.25, -0.2) is 9.97 Å². The van der Waals surface area contributed by atoms with E-state index in [-0.39, 0.29) is 11.8 Å². The zero-order valence-corrected chi connectivity index (χ0v) is 15.7. The summed E-state index contributed by atoms with van der Waals surface area (Å²) in [6.07, 6.45) is 0.667. The Labute approximate surface area is 157 Å². The quantitative estimate of drug-likeness (QED) is 0.579. The molecule has 0 bridgehead atoms. The number of nitrogens with zero attached hydrogens (tertiary/aromatic N) is 3. The highest BCUT2D eigenvalue weighted by molar-refractivity contribution is 5.97. The number of likely N-dealkylation sites (N-methyl/N-ethyl adjacent to an activating group) is 1. The molecule has 4 rings (SSSR count). The first kappa shape index (κ1) is 17.3. The topological polar surface area (TPSA) is 75.0 Å². The van der Waals surface area contributed by atoms with Gasteiger partial charge in [0, 0.05) is 31.5 Å². The molecule has 4 aromatic rings. The first-order valence-corrected chi connectivity index (χ1v) is 9.11. The van der Waals surface area contributed by atoms with Gasteiger partial charge in [0.1, 0.15) is 11.3 Å². The number of fused-ring (bicyclic) bond motifs is 2. The molecule has 1 amide bonds. The molecule has 0 unspecified atom stereocenters. The number of aromatic amines is 1. The largest absolute Gasteiger partial charge is 0.440 e. The van der Waals surface area contributed by atoms with Crippen LogP contribution in [0, 0.1) is 0 Å². The number of nitrogens with one attached hydrogen (secondary N) is 1. The maximum atomic E-state index is 12.8. The molecule has 0 saturated heterocycles. The van der Waals surface area contributed by atoms with E-state index in [1.165, 1.54) is 0 Å². The highest BCUT2D eigenvalue weighted by Gasteiger charge is 2.16. The summed E-state index contributed by atoms with van der Waals surface area (Å²) >= 11 is 0. The van der Waals surface area contributed by atoms with Crippen molar-refractivity contribution in [3.05, 3.63) is 59.7 Å². The van der Waals surface area contributed by atoms with Crippen molar-refractivity contribution in [3.63, 3.8) is 0 Å². The van der Waals surface area contributed by atoms with Gasteiger partial charge < -0.3 is 14.3 Å². The molecule has 138 valence electrons. The predicted molar refractivity (Wildman–Crippen MR) is 105 cm³/mol. The van der Waals surface area contributed by atoms with Crippen LogP contribution in [0.2, 0.25) is 0 Å². The van der Waals surface area contributed by atoms with Gasteiger partial charge in [-0.2, -0.15) is 0 Å². The molecule has 0 aliphatic heterocycles. The summed E-state index contributed by atoms with van der Waals surface area (Å²) in [6.45, 7) is 4.64. The van der Waals surface area contributed by atoms with Gasteiger partial charge in [0.15, 0.2) is 11.5 Å².